The van der Waals surface area contributed by atoms with Crippen molar-refractivity contribution in [2.75, 3.05) is 19.6 Å². The molecule has 0 atom stereocenters. The van der Waals surface area contributed by atoms with Crippen molar-refractivity contribution in [3.63, 3.8) is 0 Å². The van der Waals surface area contributed by atoms with Gasteiger partial charge in [0.1, 0.15) is 5.84 Å². The van der Waals surface area contributed by atoms with E-state index in [1.165, 1.54) is 0 Å². The van der Waals surface area contributed by atoms with Gasteiger partial charge in [-0.3, -0.25) is 9.59 Å². The van der Waals surface area contributed by atoms with Gasteiger partial charge in [0.2, 0.25) is 5.91 Å². The molecule has 3 aromatic rings. The van der Waals surface area contributed by atoms with Gasteiger partial charge in [0.05, 0.1) is 5.69 Å². The molecule has 182 valence electrons. The van der Waals surface area contributed by atoms with Crippen molar-refractivity contribution in [2.45, 2.75) is 39.7 Å². The zero-order chi connectivity index (χ0) is 24.9. The van der Waals surface area contributed by atoms with Gasteiger partial charge in [-0.2, -0.15) is 0 Å². The molecule has 4 N–H and O–H groups in total. The zero-order valence-electron chi connectivity index (χ0n) is 20.5. The molecular weight excluding hydrogens is 438 g/mol. The third-order valence-electron chi connectivity index (χ3n) is 6.22. The number of amides is 1. The van der Waals surface area contributed by atoms with Crippen LogP contribution in [-0.4, -0.2) is 40.8 Å². The topological polar surface area (TPSA) is 107 Å². The molecule has 7 nitrogen and oxygen atoms in total. The Bertz CT molecular complexity index is 1360. The van der Waals surface area contributed by atoms with Crippen LogP contribution < -0.4 is 17.0 Å². The van der Waals surface area contributed by atoms with Gasteiger partial charge in [0.25, 0.3) is 5.56 Å². The fourth-order valence-electron chi connectivity index (χ4n) is 4.55. The second-order valence-electron chi connectivity index (χ2n) is 8.92. The number of nitrogens with two attached hydrogens (primary N) is 2. The number of aliphatic imine (C=N–C) groups is 1. The SMILES string of the molecule is CCCN(CCC)C(=O)C1=Cc2ccc(-c3ccc4c(=O)n(CCN)ccc4c3)cc2N=C(N)C1. The molecule has 2 heterocycles. The lowest BCUT2D eigenvalue weighted by Gasteiger charge is -2.22. The Morgan fingerprint density at radius 3 is 2.49 bits per heavy atom. The molecule has 0 radical (unpaired) electrons. The van der Waals surface area contributed by atoms with E-state index in [1.807, 2.05) is 53.4 Å². The first kappa shape index (κ1) is 24.4. The molecule has 1 aliphatic rings. The maximum atomic E-state index is 13.2. The Kier molecular flexibility index (Phi) is 7.46. The highest BCUT2D eigenvalue weighted by Gasteiger charge is 2.21. The Balaban J connectivity index is 1.70. The van der Waals surface area contributed by atoms with Crippen LogP contribution in [0, 0.1) is 0 Å². The Labute approximate surface area is 205 Å². The van der Waals surface area contributed by atoms with Crippen molar-refractivity contribution in [1.29, 1.82) is 0 Å². The van der Waals surface area contributed by atoms with Crippen LogP contribution in [0.5, 0.6) is 0 Å². The first-order chi connectivity index (χ1) is 16.9. The van der Waals surface area contributed by atoms with E-state index in [-0.39, 0.29) is 11.5 Å². The molecule has 2 aromatic carbocycles. The van der Waals surface area contributed by atoms with Crippen LogP contribution >= 0.6 is 0 Å². The molecule has 0 unspecified atom stereocenters. The summed E-state index contributed by atoms with van der Waals surface area (Å²) in [6.07, 6.45) is 5.86. The predicted molar refractivity (Wildman–Crippen MR) is 144 cm³/mol. The number of benzene rings is 2. The van der Waals surface area contributed by atoms with E-state index in [2.05, 4.69) is 18.8 Å². The second-order valence-corrected chi connectivity index (χ2v) is 8.92. The normalized spacial score (nSPS) is 13.1. The summed E-state index contributed by atoms with van der Waals surface area (Å²) in [6, 6.07) is 13.7. The Morgan fingerprint density at radius 1 is 1.06 bits per heavy atom. The summed E-state index contributed by atoms with van der Waals surface area (Å²) in [6.45, 7) is 6.52. The fraction of sp³-hybridized carbons (Fsp3) is 0.321. The molecule has 1 amide bonds. The molecule has 4 rings (SSSR count). The van der Waals surface area contributed by atoms with Crippen LogP contribution in [0.4, 0.5) is 5.69 Å². The lowest BCUT2D eigenvalue weighted by Crippen LogP contribution is -2.34. The number of hydrogen-bond donors (Lipinski definition) is 2. The summed E-state index contributed by atoms with van der Waals surface area (Å²) < 4.78 is 1.63. The summed E-state index contributed by atoms with van der Waals surface area (Å²) >= 11 is 0. The van der Waals surface area contributed by atoms with E-state index < -0.39 is 0 Å². The van der Waals surface area contributed by atoms with Gasteiger partial charge in [0.15, 0.2) is 0 Å². The van der Waals surface area contributed by atoms with E-state index in [9.17, 15) is 9.59 Å². The van der Waals surface area contributed by atoms with Gasteiger partial charge in [-0.15, -0.1) is 0 Å². The van der Waals surface area contributed by atoms with Gasteiger partial charge in [-0.05, 0) is 59.7 Å². The summed E-state index contributed by atoms with van der Waals surface area (Å²) in [5.74, 6) is 0.450. The minimum Gasteiger partial charge on any atom is -0.387 e. The maximum absolute atomic E-state index is 13.2. The number of carbonyl (C=O) groups is 1. The number of carbonyl (C=O) groups excluding carboxylic acids is 1. The minimum atomic E-state index is -0.0404. The minimum absolute atomic E-state index is 0.0265. The molecule has 0 aliphatic carbocycles. The monoisotopic (exact) mass is 471 g/mol. The van der Waals surface area contributed by atoms with Crippen molar-refractivity contribution in [2.24, 2.45) is 16.5 Å². The molecular formula is C28H33N5O2. The number of amidine groups is 1. The van der Waals surface area contributed by atoms with E-state index >= 15 is 0 Å². The smallest absolute Gasteiger partial charge is 0.258 e. The van der Waals surface area contributed by atoms with E-state index in [0.29, 0.717) is 36.3 Å². The summed E-state index contributed by atoms with van der Waals surface area (Å²) in [5.41, 5.74) is 16.0. The molecule has 0 spiro atoms. The highest BCUT2D eigenvalue weighted by molar-refractivity contribution is 6.05. The molecule has 7 heteroatoms. The molecule has 0 saturated heterocycles. The summed E-state index contributed by atoms with van der Waals surface area (Å²) in [4.78, 5) is 32.4. The van der Waals surface area contributed by atoms with Crippen molar-refractivity contribution < 1.29 is 4.79 Å². The van der Waals surface area contributed by atoms with Crippen molar-refractivity contribution in [3.8, 4) is 11.1 Å². The first-order valence-electron chi connectivity index (χ1n) is 12.3. The van der Waals surface area contributed by atoms with Gasteiger partial charge >= 0.3 is 0 Å². The first-order valence-corrected chi connectivity index (χ1v) is 12.3. The second kappa shape index (κ2) is 10.7. The highest BCUT2D eigenvalue weighted by atomic mass is 16.2. The molecule has 1 aromatic heterocycles. The highest BCUT2D eigenvalue weighted by Crippen LogP contribution is 2.33. The molecule has 0 bridgehead atoms. The number of fused-ring (bicyclic) bond motifs is 2. The number of nitrogens with zero attached hydrogens (tertiary/aromatic N) is 3. The summed E-state index contributed by atoms with van der Waals surface area (Å²) in [7, 11) is 0. The third kappa shape index (κ3) is 5.20. The Hall–Kier alpha value is -3.71. The van der Waals surface area contributed by atoms with Crippen molar-refractivity contribution >= 4 is 34.3 Å². The molecule has 1 aliphatic heterocycles. The van der Waals surface area contributed by atoms with Crippen LogP contribution in [0.15, 0.2) is 64.0 Å². The largest absolute Gasteiger partial charge is 0.387 e. The van der Waals surface area contributed by atoms with Crippen molar-refractivity contribution in [1.82, 2.24) is 9.47 Å². The van der Waals surface area contributed by atoms with E-state index in [0.717, 1.165) is 53.7 Å². The van der Waals surface area contributed by atoms with E-state index in [1.54, 1.807) is 10.8 Å². The quantitative estimate of drug-likeness (QED) is 0.517. The molecule has 0 saturated carbocycles. The Morgan fingerprint density at radius 2 is 1.77 bits per heavy atom. The average Bonchev–Trinajstić information content (AvgIpc) is 3.02. The summed E-state index contributed by atoms with van der Waals surface area (Å²) in [5, 5.41) is 1.54. The van der Waals surface area contributed by atoms with Crippen molar-refractivity contribution in [3.05, 3.63) is 70.2 Å². The lowest BCUT2D eigenvalue weighted by atomic mass is 9.99. The van der Waals surface area contributed by atoms with Crippen LogP contribution in [0.3, 0.4) is 0 Å². The maximum Gasteiger partial charge on any atom is 0.258 e. The molecule has 0 fully saturated rings. The molecule has 35 heavy (non-hydrogen) atoms. The van der Waals surface area contributed by atoms with Crippen LogP contribution in [-0.2, 0) is 11.3 Å². The van der Waals surface area contributed by atoms with Gasteiger partial charge in [-0.1, -0.05) is 32.0 Å². The fourth-order valence-corrected chi connectivity index (χ4v) is 4.55. The standard InChI is InChI=1S/C28H33N5O2/c1-3-11-32(12-4-2)27(34)23-16-22-6-5-20(17-25(22)31-26(30)18-23)19-7-8-24-21(15-19)9-13-33(14-10-29)28(24)35/h5-9,13,15-17H,3-4,10-12,14,18,29H2,1-2H3,(H2,30,31). The average molecular weight is 472 g/mol. The van der Waals surface area contributed by atoms with Gasteiger partial charge in [-0.25, -0.2) is 4.99 Å². The zero-order valence-corrected chi connectivity index (χ0v) is 20.5. The number of pyridine rings is 1. The van der Waals surface area contributed by atoms with Crippen LogP contribution in [0.25, 0.3) is 28.0 Å². The predicted octanol–water partition coefficient (Wildman–Crippen LogP) is 4.05. The number of aromatic nitrogens is 1. The lowest BCUT2D eigenvalue weighted by molar-refractivity contribution is -0.127. The number of rotatable bonds is 8. The van der Waals surface area contributed by atoms with Crippen LogP contribution in [0.1, 0.15) is 38.7 Å². The third-order valence-corrected chi connectivity index (χ3v) is 6.22. The van der Waals surface area contributed by atoms with Crippen LogP contribution in [0.2, 0.25) is 0 Å². The van der Waals surface area contributed by atoms with Gasteiger partial charge < -0.3 is 20.9 Å². The van der Waals surface area contributed by atoms with E-state index in [4.69, 9.17) is 11.5 Å². The number of hydrogen-bond acceptors (Lipinski definition) is 5. The van der Waals surface area contributed by atoms with Gasteiger partial charge in [0, 0.05) is 55.3 Å².